The van der Waals surface area contributed by atoms with E-state index in [-0.39, 0.29) is 16.3 Å². The van der Waals surface area contributed by atoms with E-state index in [0.29, 0.717) is 18.1 Å². The number of nitrogens with one attached hydrogen (secondary N) is 1. The molecule has 0 spiro atoms. The lowest BCUT2D eigenvalue weighted by Crippen LogP contribution is -2.24. The Morgan fingerprint density at radius 3 is 2.71 bits per heavy atom. The summed E-state index contributed by atoms with van der Waals surface area (Å²) < 4.78 is 3.68. The number of carbonyl (C=O) groups excluding carboxylic acids is 1. The molecule has 1 rings (SSSR count). The number of anilines is 1. The Kier molecular flexibility index (Phi) is 3.03. The Bertz CT molecular complexity index is 374. The lowest BCUT2D eigenvalue weighted by Gasteiger charge is -1.98. The molecule has 1 aromatic rings. The first-order chi connectivity index (χ1) is 6.57. The fraction of sp³-hybridized carbons (Fsp3) is 0.286. The number of hydrogen-bond donors (Lipinski definition) is 3. The molecule has 0 saturated heterocycles. The van der Waals surface area contributed by atoms with Gasteiger partial charge in [0.05, 0.1) is 5.69 Å². The summed E-state index contributed by atoms with van der Waals surface area (Å²) in [7, 11) is 0. The minimum absolute atomic E-state index is 0.0192. The molecule has 0 aliphatic rings. The van der Waals surface area contributed by atoms with Gasteiger partial charge in [-0.25, -0.2) is 4.79 Å². The van der Waals surface area contributed by atoms with E-state index in [4.69, 9.17) is 10.8 Å². The molecule has 7 heteroatoms. The molecule has 1 heterocycles. The summed E-state index contributed by atoms with van der Waals surface area (Å²) in [6, 6.07) is 0. The Labute approximate surface area is 83.9 Å². The highest BCUT2D eigenvalue weighted by Crippen LogP contribution is 2.21. The maximum atomic E-state index is 11.3. The Morgan fingerprint density at radius 2 is 2.29 bits per heavy atom. The molecule has 0 unspecified atom stereocenters. The summed E-state index contributed by atoms with van der Waals surface area (Å²) >= 11 is 0.703. The van der Waals surface area contributed by atoms with Gasteiger partial charge in [0.1, 0.15) is 0 Å². The second-order valence-corrected chi connectivity index (χ2v) is 3.21. The van der Waals surface area contributed by atoms with Crippen molar-refractivity contribution in [3.05, 3.63) is 10.6 Å². The Hall–Kier alpha value is -1.63. The van der Waals surface area contributed by atoms with E-state index in [1.54, 1.807) is 6.92 Å². The largest absolute Gasteiger partial charge is 0.477 e. The smallest absolute Gasteiger partial charge is 0.349 e. The number of aromatic carboxylic acids is 1. The molecule has 4 N–H and O–H groups in total. The van der Waals surface area contributed by atoms with Crippen molar-refractivity contribution >= 4 is 29.1 Å². The number of hydrogen-bond acceptors (Lipinski definition) is 5. The summed E-state index contributed by atoms with van der Waals surface area (Å²) in [6.45, 7) is 2.19. The first-order valence-electron chi connectivity index (χ1n) is 3.84. The highest BCUT2D eigenvalue weighted by Gasteiger charge is 2.20. The van der Waals surface area contributed by atoms with Gasteiger partial charge in [0.2, 0.25) is 0 Å². The number of nitrogens with two attached hydrogens (primary N) is 1. The van der Waals surface area contributed by atoms with Crippen molar-refractivity contribution in [2.24, 2.45) is 0 Å². The summed E-state index contributed by atoms with van der Waals surface area (Å²) in [6.07, 6.45) is 0. The minimum atomic E-state index is -1.17. The third kappa shape index (κ3) is 1.82. The molecule has 0 aromatic carbocycles. The molecule has 1 amide bonds. The third-order valence-corrected chi connectivity index (χ3v) is 2.33. The van der Waals surface area contributed by atoms with Gasteiger partial charge in [-0.15, -0.1) is 0 Å². The van der Waals surface area contributed by atoms with Crippen molar-refractivity contribution in [1.82, 2.24) is 9.69 Å². The monoisotopic (exact) mass is 215 g/mol. The molecule has 0 fully saturated rings. The number of aromatic nitrogens is 1. The molecular weight excluding hydrogens is 206 g/mol. The van der Waals surface area contributed by atoms with Gasteiger partial charge < -0.3 is 16.2 Å². The highest BCUT2D eigenvalue weighted by molar-refractivity contribution is 7.08. The zero-order valence-electron chi connectivity index (χ0n) is 7.40. The van der Waals surface area contributed by atoms with E-state index in [0.717, 1.165) is 0 Å². The number of rotatable bonds is 3. The first-order valence-corrected chi connectivity index (χ1v) is 4.61. The molecular formula is C7H9N3O3S. The van der Waals surface area contributed by atoms with Gasteiger partial charge in [0.25, 0.3) is 5.91 Å². The van der Waals surface area contributed by atoms with Crippen LogP contribution in [0.25, 0.3) is 0 Å². The molecule has 0 atom stereocenters. The standard InChI is InChI=1S/C7H9N3O3S/c1-2-9-6(11)4-3(8)5(7(12)13)14-10-4/h2,8H2,1H3,(H,9,11)(H,12,13). The van der Waals surface area contributed by atoms with Gasteiger partial charge in [-0.05, 0) is 18.5 Å². The molecule has 14 heavy (non-hydrogen) atoms. The van der Waals surface area contributed by atoms with Gasteiger partial charge in [-0.2, -0.15) is 4.37 Å². The van der Waals surface area contributed by atoms with Crippen molar-refractivity contribution in [3.63, 3.8) is 0 Å². The molecule has 0 saturated carbocycles. The SMILES string of the molecule is CCNC(=O)c1nsc(C(=O)O)c1N. The van der Waals surface area contributed by atoms with Crippen molar-refractivity contribution in [3.8, 4) is 0 Å². The fourth-order valence-corrected chi connectivity index (χ4v) is 1.50. The van der Waals surface area contributed by atoms with Crippen LogP contribution in [0.3, 0.4) is 0 Å². The van der Waals surface area contributed by atoms with Crippen LogP contribution >= 0.6 is 11.5 Å². The normalized spacial score (nSPS) is 9.79. The predicted octanol–water partition coefficient (Wildman–Crippen LogP) is 0.173. The van der Waals surface area contributed by atoms with E-state index in [1.165, 1.54) is 0 Å². The van der Waals surface area contributed by atoms with Crippen molar-refractivity contribution in [2.75, 3.05) is 12.3 Å². The molecule has 0 bridgehead atoms. The van der Waals surface area contributed by atoms with Crippen LogP contribution in [-0.4, -0.2) is 27.9 Å². The van der Waals surface area contributed by atoms with Crippen molar-refractivity contribution < 1.29 is 14.7 Å². The predicted molar refractivity (Wildman–Crippen MR) is 51.5 cm³/mol. The highest BCUT2D eigenvalue weighted by atomic mass is 32.1. The van der Waals surface area contributed by atoms with Crippen LogP contribution in [-0.2, 0) is 0 Å². The first kappa shape index (κ1) is 10.5. The van der Waals surface area contributed by atoms with E-state index in [1.807, 2.05) is 0 Å². The number of carboxylic acids is 1. The summed E-state index contributed by atoms with van der Waals surface area (Å²) in [5, 5.41) is 11.1. The number of nitrogens with zero attached hydrogens (tertiary/aromatic N) is 1. The average molecular weight is 215 g/mol. The molecule has 0 aliphatic carbocycles. The molecule has 0 aliphatic heterocycles. The van der Waals surface area contributed by atoms with Crippen LogP contribution in [0.5, 0.6) is 0 Å². The third-order valence-electron chi connectivity index (χ3n) is 1.47. The minimum Gasteiger partial charge on any atom is -0.477 e. The van der Waals surface area contributed by atoms with E-state index in [9.17, 15) is 9.59 Å². The number of carboxylic acid groups (broad SMARTS) is 1. The maximum absolute atomic E-state index is 11.3. The molecule has 1 aromatic heterocycles. The zero-order chi connectivity index (χ0) is 10.7. The van der Waals surface area contributed by atoms with Gasteiger partial charge in [0.15, 0.2) is 10.6 Å². The van der Waals surface area contributed by atoms with Gasteiger partial charge in [-0.1, -0.05) is 0 Å². The van der Waals surface area contributed by atoms with Crippen molar-refractivity contribution in [1.29, 1.82) is 0 Å². The molecule has 0 radical (unpaired) electrons. The van der Waals surface area contributed by atoms with Crippen molar-refractivity contribution in [2.45, 2.75) is 6.92 Å². The molecule has 6 nitrogen and oxygen atoms in total. The summed E-state index contributed by atoms with van der Waals surface area (Å²) in [5.41, 5.74) is 5.35. The zero-order valence-corrected chi connectivity index (χ0v) is 8.22. The summed E-state index contributed by atoms with van der Waals surface area (Å²) in [4.78, 5) is 21.7. The fourth-order valence-electron chi connectivity index (χ4n) is 0.859. The van der Waals surface area contributed by atoms with E-state index >= 15 is 0 Å². The van der Waals surface area contributed by atoms with Crippen LogP contribution in [0, 0.1) is 0 Å². The second-order valence-electron chi connectivity index (χ2n) is 2.44. The van der Waals surface area contributed by atoms with Gasteiger partial charge >= 0.3 is 5.97 Å². The Balaban J connectivity index is 3.00. The second kappa shape index (κ2) is 4.05. The lowest BCUT2D eigenvalue weighted by molar-refractivity contribution is 0.0703. The maximum Gasteiger partial charge on any atom is 0.349 e. The number of carbonyl (C=O) groups is 2. The average Bonchev–Trinajstić information content (AvgIpc) is 2.47. The van der Waals surface area contributed by atoms with E-state index < -0.39 is 11.9 Å². The van der Waals surface area contributed by atoms with Crippen LogP contribution in [0.4, 0.5) is 5.69 Å². The van der Waals surface area contributed by atoms with Crippen LogP contribution in [0.15, 0.2) is 0 Å². The van der Waals surface area contributed by atoms with Crippen LogP contribution in [0.1, 0.15) is 27.1 Å². The van der Waals surface area contributed by atoms with Crippen LogP contribution < -0.4 is 11.1 Å². The topological polar surface area (TPSA) is 105 Å². The van der Waals surface area contributed by atoms with Gasteiger partial charge in [0, 0.05) is 6.54 Å². The van der Waals surface area contributed by atoms with Gasteiger partial charge in [-0.3, -0.25) is 4.79 Å². The quantitative estimate of drug-likeness (QED) is 0.666. The van der Waals surface area contributed by atoms with E-state index in [2.05, 4.69) is 9.69 Å². The summed E-state index contributed by atoms with van der Waals surface area (Å²) in [5.74, 6) is -1.62. The Morgan fingerprint density at radius 1 is 1.64 bits per heavy atom. The number of nitrogen functional groups attached to an aromatic ring is 1. The lowest BCUT2D eigenvalue weighted by atomic mass is 10.3. The van der Waals surface area contributed by atoms with Crippen LogP contribution in [0.2, 0.25) is 0 Å². The number of amides is 1. The molecule has 76 valence electrons.